The summed E-state index contributed by atoms with van der Waals surface area (Å²) in [5.41, 5.74) is 0. The van der Waals surface area contributed by atoms with E-state index in [1.807, 2.05) is 6.92 Å². The van der Waals surface area contributed by atoms with E-state index < -0.39 is 0 Å². The Bertz CT molecular complexity index is 209. The van der Waals surface area contributed by atoms with Gasteiger partial charge in [-0.1, -0.05) is 19.8 Å². The Morgan fingerprint density at radius 2 is 2.12 bits per heavy atom. The zero-order chi connectivity index (χ0) is 11.8. The number of aliphatic hydroxyl groups is 1. The maximum atomic E-state index is 11.6. The Labute approximate surface area is 97.8 Å². The predicted octanol–water partition coefficient (Wildman–Crippen LogP) is 0.653. The van der Waals surface area contributed by atoms with Crippen LogP contribution in [0, 0.1) is 5.92 Å². The molecule has 0 spiro atoms. The van der Waals surface area contributed by atoms with Crippen molar-refractivity contribution in [3.63, 3.8) is 0 Å². The van der Waals surface area contributed by atoms with Gasteiger partial charge in [-0.2, -0.15) is 0 Å². The summed E-state index contributed by atoms with van der Waals surface area (Å²) in [6.45, 7) is 3.85. The van der Waals surface area contributed by atoms with Crippen LogP contribution < -0.4 is 10.6 Å². The SMILES string of the molecule is CCNCCC(=O)NC1CCCCC1CO. The maximum Gasteiger partial charge on any atom is 0.221 e. The van der Waals surface area contributed by atoms with Crippen molar-refractivity contribution in [1.29, 1.82) is 0 Å². The zero-order valence-electron chi connectivity index (χ0n) is 10.2. The summed E-state index contributed by atoms with van der Waals surface area (Å²) in [4.78, 5) is 11.6. The number of amides is 1. The number of rotatable bonds is 6. The average molecular weight is 228 g/mol. The van der Waals surface area contributed by atoms with Gasteiger partial charge in [0.15, 0.2) is 0 Å². The van der Waals surface area contributed by atoms with Crippen molar-refractivity contribution < 1.29 is 9.90 Å². The Balaban J connectivity index is 2.25. The van der Waals surface area contributed by atoms with E-state index in [2.05, 4.69) is 10.6 Å². The molecule has 1 amide bonds. The Hall–Kier alpha value is -0.610. The molecule has 0 aromatic heterocycles. The van der Waals surface area contributed by atoms with E-state index in [1.54, 1.807) is 0 Å². The van der Waals surface area contributed by atoms with E-state index in [4.69, 9.17) is 0 Å². The quantitative estimate of drug-likeness (QED) is 0.585. The summed E-state index contributed by atoms with van der Waals surface area (Å²) < 4.78 is 0. The Morgan fingerprint density at radius 3 is 2.81 bits per heavy atom. The van der Waals surface area contributed by atoms with Crippen molar-refractivity contribution in [2.75, 3.05) is 19.7 Å². The summed E-state index contributed by atoms with van der Waals surface area (Å²) in [6, 6.07) is 0.188. The number of nitrogens with one attached hydrogen (secondary N) is 2. The van der Waals surface area contributed by atoms with Gasteiger partial charge >= 0.3 is 0 Å². The average Bonchev–Trinajstić information content (AvgIpc) is 2.30. The highest BCUT2D eigenvalue weighted by Crippen LogP contribution is 2.23. The van der Waals surface area contributed by atoms with Crippen LogP contribution in [0.2, 0.25) is 0 Å². The first-order valence-electron chi connectivity index (χ1n) is 6.38. The number of hydrogen-bond donors (Lipinski definition) is 3. The molecule has 0 aromatic rings. The van der Waals surface area contributed by atoms with Gasteiger partial charge in [-0.05, 0) is 19.4 Å². The van der Waals surface area contributed by atoms with Gasteiger partial charge in [0, 0.05) is 31.5 Å². The summed E-state index contributed by atoms with van der Waals surface area (Å²) in [5, 5.41) is 15.4. The zero-order valence-corrected chi connectivity index (χ0v) is 10.2. The lowest BCUT2D eigenvalue weighted by Gasteiger charge is -2.30. The van der Waals surface area contributed by atoms with Crippen molar-refractivity contribution in [2.45, 2.75) is 45.1 Å². The topological polar surface area (TPSA) is 61.4 Å². The second-order valence-corrected chi connectivity index (χ2v) is 4.50. The third kappa shape index (κ3) is 4.49. The third-order valence-corrected chi connectivity index (χ3v) is 3.27. The van der Waals surface area contributed by atoms with Crippen molar-refractivity contribution in [3.05, 3.63) is 0 Å². The lowest BCUT2D eigenvalue weighted by molar-refractivity contribution is -0.122. The van der Waals surface area contributed by atoms with Crippen LogP contribution >= 0.6 is 0 Å². The highest BCUT2D eigenvalue weighted by Gasteiger charge is 2.25. The van der Waals surface area contributed by atoms with Crippen LogP contribution in [0.15, 0.2) is 0 Å². The normalized spacial score (nSPS) is 25.4. The molecular weight excluding hydrogens is 204 g/mol. The molecule has 4 heteroatoms. The second-order valence-electron chi connectivity index (χ2n) is 4.50. The lowest BCUT2D eigenvalue weighted by atomic mass is 9.85. The largest absolute Gasteiger partial charge is 0.396 e. The lowest BCUT2D eigenvalue weighted by Crippen LogP contribution is -2.44. The van der Waals surface area contributed by atoms with Gasteiger partial charge in [0.25, 0.3) is 0 Å². The van der Waals surface area contributed by atoms with Gasteiger partial charge in [0.05, 0.1) is 0 Å². The fourth-order valence-electron chi connectivity index (χ4n) is 2.27. The monoisotopic (exact) mass is 228 g/mol. The Kier molecular flexibility index (Phi) is 6.42. The molecule has 1 aliphatic rings. The molecule has 4 nitrogen and oxygen atoms in total. The van der Waals surface area contributed by atoms with Crippen LogP contribution in [0.4, 0.5) is 0 Å². The van der Waals surface area contributed by atoms with Crippen molar-refractivity contribution in [2.24, 2.45) is 5.92 Å². The van der Waals surface area contributed by atoms with Crippen molar-refractivity contribution in [3.8, 4) is 0 Å². The van der Waals surface area contributed by atoms with Gasteiger partial charge < -0.3 is 15.7 Å². The van der Waals surface area contributed by atoms with Crippen LogP contribution in [0.1, 0.15) is 39.0 Å². The molecule has 1 fully saturated rings. The summed E-state index contributed by atoms with van der Waals surface area (Å²) in [5.74, 6) is 0.364. The molecule has 3 N–H and O–H groups in total. The molecule has 16 heavy (non-hydrogen) atoms. The second kappa shape index (κ2) is 7.63. The minimum absolute atomic E-state index is 0.103. The molecule has 0 heterocycles. The van der Waals surface area contributed by atoms with E-state index in [9.17, 15) is 9.90 Å². The molecule has 0 saturated heterocycles. The molecule has 0 bridgehead atoms. The van der Waals surface area contributed by atoms with Gasteiger partial charge in [-0.3, -0.25) is 4.79 Å². The number of hydrogen-bond acceptors (Lipinski definition) is 3. The van der Waals surface area contributed by atoms with Crippen LogP contribution in [0.3, 0.4) is 0 Å². The molecule has 0 aliphatic heterocycles. The minimum atomic E-state index is 0.103. The van der Waals surface area contributed by atoms with Gasteiger partial charge in [-0.15, -0.1) is 0 Å². The third-order valence-electron chi connectivity index (χ3n) is 3.27. The van der Waals surface area contributed by atoms with E-state index in [1.165, 1.54) is 6.42 Å². The molecule has 2 unspecified atom stereocenters. The fourth-order valence-corrected chi connectivity index (χ4v) is 2.27. The van der Waals surface area contributed by atoms with Crippen LogP contribution in [0.5, 0.6) is 0 Å². The van der Waals surface area contributed by atoms with E-state index in [0.29, 0.717) is 6.42 Å². The van der Waals surface area contributed by atoms with E-state index in [-0.39, 0.29) is 24.5 Å². The molecule has 94 valence electrons. The van der Waals surface area contributed by atoms with E-state index in [0.717, 1.165) is 32.4 Å². The van der Waals surface area contributed by atoms with E-state index >= 15 is 0 Å². The summed E-state index contributed by atoms with van der Waals surface area (Å²) in [6.07, 6.45) is 4.92. The van der Waals surface area contributed by atoms with Crippen LogP contribution in [0.25, 0.3) is 0 Å². The standard InChI is InChI=1S/C12H24N2O2/c1-2-13-8-7-12(16)14-11-6-4-3-5-10(11)9-15/h10-11,13,15H,2-9H2,1H3,(H,14,16). The summed E-state index contributed by atoms with van der Waals surface area (Å²) in [7, 11) is 0. The first-order valence-corrected chi connectivity index (χ1v) is 6.38. The molecule has 0 aromatic carbocycles. The number of aliphatic hydroxyl groups excluding tert-OH is 1. The minimum Gasteiger partial charge on any atom is -0.396 e. The van der Waals surface area contributed by atoms with Gasteiger partial charge in [-0.25, -0.2) is 0 Å². The number of carbonyl (C=O) groups is 1. The summed E-state index contributed by atoms with van der Waals surface area (Å²) >= 11 is 0. The van der Waals surface area contributed by atoms with Crippen LogP contribution in [-0.2, 0) is 4.79 Å². The molecule has 1 aliphatic carbocycles. The molecule has 2 atom stereocenters. The highest BCUT2D eigenvalue weighted by atomic mass is 16.3. The van der Waals surface area contributed by atoms with Crippen molar-refractivity contribution in [1.82, 2.24) is 10.6 Å². The maximum absolute atomic E-state index is 11.6. The first kappa shape index (κ1) is 13.5. The predicted molar refractivity (Wildman–Crippen MR) is 64.1 cm³/mol. The first-order chi connectivity index (χ1) is 7.77. The van der Waals surface area contributed by atoms with Crippen molar-refractivity contribution >= 4 is 5.91 Å². The van der Waals surface area contributed by atoms with Gasteiger partial charge in [0.2, 0.25) is 5.91 Å². The van der Waals surface area contributed by atoms with Crippen LogP contribution in [-0.4, -0.2) is 36.8 Å². The molecule has 1 saturated carbocycles. The highest BCUT2D eigenvalue weighted by molar-refractivity contribution is 5.76. The molecule has 0 radical (unpaired) electrons. The molecule has 1 rings (SSSR count). The smallest absolute Gasteiger partial charge is 0.221 e. The fraction of sp³-hybridized carbons (Fsp3) is 0.917. The number of carbonyl (C=O) groups excluding carboxylic acids is 1. The molecular formula is C12H24N2O2. The van der Waals surface area contributed by atoms with Gasteiger partial charge in [0.1, 0.15) is 0 Å². The Morgan fingerprint density at radius 1 is 1.38 bits per heavy atom.